The van der Waals surface area contributed by atoms with E-state index in [0.717, 1.165) is 6.54 Å². The Labute approximate surface area is 115 Å². The van der Waals surface area contributed by atoms with Gasteiger partial charge in [0.25, 0.3) is 0 Å². The summed E-state index contributed by atoms with van der Waals surface area (Å²) in [4.78, 5) is 0. The molecule has 0 aliphatic rings. The second-order valence-electron chi connectivity index (χ2n) is 5.37. The number of nitrogens with two attached hydrogens (primary N) is 1. The second kappa shape index (κ2) is 16.7. The zero-order chi connectivity index (χ0) is 13.3. The Morgan fingerprint density at radius 2 is 1.06 bits per heavy atom. The van der Waals surface area contributed by atoms with Gasteiger partial charge in [-0.25, -0.2) is 0 Å². The van der Waals surface area contributed by atoms with Crippen LogP contribution in [0, 0.1) is 0 Å². The Balaban J connectivity index is 3.00. The second-order valence-corrected chi connectivity index (χ2v) is 5.37. The molecule has 108 valence electrons. The van der Waals surface area contributed by atoms with Crippen LogP contribution in [-0.2, 0) is 0 Å². The number of hydrogen-bond acceptors (Lipinski definition) is 1. The van der Waals surface area contributed by atoms with Gasteiger partial charge in [0.2, 0.25) is 0 Å². The Morgan fingerprint density at radius 3 is 1.56 bits per heavy atom. The normalized spacial score (nSPS) is 11.4. The molecule has 1 nitrogen and oxygen atoms in total. The van der Waals surface area contributed by atoms with Gasteiger partial charge in [-0.05, 0) is 38.6 Å². The van der Waals surface area contributed by atoms with Gasteiger partial charge in [-0.2, -0.15) is 0 Å². The zero-order valence-electron chi connectivity index (χ0n) is 12.6. The first-order valence-corrected chi connectivity index (χ1v) is 8.27. The summed E-state index contributed by atoms with van der Waals surface area (Å²) in [7, 11) is 0. The van der Waals surface area contributed by atoms with Gasteiger partial charge >= 0.3 is 0 Å². The highest BCUT2D eigenvalue weighted by molar-refractivity contribution is 4.81. The summed E-state index contributed by atoms with van der Waals surface area (Å²) in [6.07, 6.45) is 22.4. The topological polar surface area (TPSA) is 26.0 Å². The highest BCUT2D eigenvalue weighted by atomic mass is 14.5. The average molecular weight is 253 g/mol. The van der Waals surface area contributed by atoms with E-state index in [1.165, 1.54) is 83.5 Å². The van der Waals surface area contributed by atoms with E-state index in [2.05, 4.69) is 19.1 Å². The lowest BCUT2D eigenvalue weighted by Gasteiger charge is -1.98. The van der Waals surface area contributed by atoms with Crippen LogP contribution in [0.1, 0.15) is 90.4 Å². The molecule has 0 rings (SSSR count). The van der Waals surface area contributed by atoms with Gasteiger partial charge in [0.15, 0.2) is 0 Å². The summed E-state index contributed by atoms with van der Waals surface area (Å²) in [5.41, 5.74) is 5.46. The monoisotopic (exact) mass is 253 g/mol. The average Bonchev–Trinajstić information content (AvgIpc) is 2.39. The molecule has 0 aliphatic heterocycles. The van der Waals surface area contributed by atoms with Crippen LogP contribution in [0.4, 0.5) is 0 Å². The molecule has 0 spiro atoms. The Kier molecular flexibility index (Phi) is 16.4. The maximum Gasteiger partial charge on any atom is -0.00773 e. The van der Waals surface area contributed by atoms with Crippen molar-refractivity contribution in [3.8, 4) is 0 Å². The summed E-state index contributed by atoms with van der Waals surface area (Å²) in [6.45, 7) is 3.14. The molecule has 0 atom stereocenters. The van der Waals surface area contributed by atoms with Crippen molar-refractivity contribution in [2.24, 2.45) is 5.73 Å². The number of hydrogen-bond donors (Lipinski definition) is 1. The van der Waals surface area contributed by atoms with Crippen molar-refractivity contribution in [3.05, 3.63) is 12.2 Å². The smallest absolute Gasteiger partial charge is 0.00773 e. The minimum atomic E-state index is 0.859. The number of rotatable bonds is 14. The molecule has 0 aromatic carbocycles. The van der Waals surface area contributed by atoms with Crippen LogP contribution in [0.15, 0.2) is 12.2 Å². The Morgan fingerprint density at radius 1 is 0.611 bits per heavy atom. The van der Waals surface area contributed by atoms with Gasteiger partial charge in [0, 0.05) is 0 Å². The molecular formula is C17H35N. The highest BCUT2D eigenvalue weighted by Gasteiger charge is 1.89. The maximum absolute atomic E-state index is 5.46. The van der Waals surface area contributed by atoms with Gasteiger partial charge in [0.1, 0.15) is 0 Å². The van der Waals surface area contributed by atoms with Crippen molar-refractivity contribution in [3.63, 3.8) is 0 Å². The molecule has 0 amide bonds. The molecule has 0 saturated heterocycles. The minimum Gasteiger partial charge on any atom is -0.330 e. The lowest BCUT2D eigenvalue weighted by atomic mass is 10.1. The molecule has 1 heteroatoms. The fraction of sp³-hybridized carbons (Fsp3) is 0.882. The van der Waals surface area contributed by atoms with Gasteiger partial charge in [-0.3, -0.25) is 0 Å². The molecule has 0 aliphatic carbocycles. The van der Waals surface area contributed by atoms with E-state index in [0.29, 0.717) is 0 Å². The van der Waals surface area contributed by atoms with Crippen molar-refractivity contribution in [2.45, 2.75) is 90.4 Å². The van der Waals surface area contributed by atoms with Crippen LogP contribution in [0.25, 0.3) is 0 Å². The molecule has 0 aromatic heterocycles. The summed E-state index contributed by atoms with van der Waals surface area (Å²) in [5, 5.41) is 0. The van der Waals surface area contributed by atoms with Crippen LogP contribution in [0.3, 0.4) is 0 Å². The van der Waals surface area contributed by atoms with Crippen LogP contribution >= 0.6 is 0 Å². The minimum absolute atomic E-state index is 0.859. The molecule has 0 unspecified atom stereocenters. The maximum atomic E-state index is 5.46. The van der Waals surface area contributed by atoms with Crippen molar-refractivity contribution >= 4 is 0 Å². The SMILES string of the molecule is CCCCCCCCC=CCCCCCCCN. The van der Waals surface area contributed by atoms with Gasteiger partial charge < -0.3 is 5.73 Å². The Hall–Kier alpha value is -0.300. The predicted molar refractivity (Wildman–Crippen MR) is 83.9 cm³/mol. The van der Waals surface area contributed by atoms with Crippen molar-refractivity contribution < 1.29 is 0 Å². The van der Waals surface area contributed by atoms with Crippen molar-refractivity contribution in [2.75, 3.05) is 6.54 Å². The molecule has 0 saturated carbocycles. The molecule has 2 N–H and O–H groups in total. The van der Waals surface area contributed by atoms with E-state index in [1.54, 1.807) is 0 Å². The molecule has 0 heterocycles. The van der Waals surface area contributed by atoms with Crippen molar-refractivity contribution in [1.82, 2.24) is 0 Å². The summed E-state index contributed by atoms with van der Waals surface area (Å²) < 4.78 is 0. The molecule has 0 radical (unpaired) electrons. The molecule has 0 bridgehead atoms. The summed E-state index contributed by atoms with van der Waals surface area (Å²) >= 11 is 0. The third-order valence-electron chi connectivity index (χ3n) is 3.47. The van der Waals surface area contributed by atoms with Gasteiger partial charge in [-0.1, -0.05) is 70.4 Å². The molecular weight excluding hydrogens is 218 g/mol. The van der Waals surface area contributed by atoms with E-state index in [9.17, 15) is 0 Å². The fourth-order valence-corrected chi connectivity index (χ4v) is 2.22. The number of unbranched alkanes of at least 4 members (excludes halogenated alkanes) is 11. The third-order valence-corrected chi connectivity index (χ3v) is 3.47. The summed E-state index contributed by atoms with van der Waals surface area (Å²) in [5.74, 6) is 0. The summed E-state index contributed by atoms with van der Waals surface area (Å²) in [6, 6.07) is 0. The molecule has 0 aromatic rings. The van der Waals surface area contributed by atoms with Crippen molar-refractivity contribution in [1.29, 1.82) is 0 Å². The standard InChI is InChI=1S/C17H35N/c1-2-3-4-5-6-7-8-9-10-11-12-13-14-15-16-17-18/h9-10H,2-8,11-18H2,1H3. The highest BCUT2D eigenvalue weighted by Crippen LogP contribution is 2.08. The van der Waals surface area contributed by atoms with Crippen LogP contribution in [-0.4, -0.2) is 6.54 Å². The van der Waals surface area contributed by atoms with E-state index in [-0.39, 0.29) is 0 Å². The van der Waals surface area contributed by atoms with Crippen LogP contribution in [0.2, 0.25) is 0 Å². The quantitative estimate of drug-likeness (QED) is 0.317. The lowest BCUT2D eigenvalue weighted by Crippen LogP contribution is -1.97. The molecule has 0 fully saturated rings. The first-order chi connectivity index (χ1) is 8.91. The first-order valence-electron chi connectivity index (χ1n) is 8.27. The zero-order valence-corrected chi connectivity index (χ0v) is 12.6. The van der Waals surface area contributed by atoms with E-state index in [4.69, 9.17) is 5.73 Å². The molecule has 18 heavy (non-hydrogen) atoms. The number of allylic oxidation sites excluding steroid dienone is 2. The van der Waals surface area contributed by atoms with Crippen LogP contribution < -0.4 is 5.73 Å². The van der Waals surface area contributed by atoms with E-state index in [1.807, 2.05) is 0 Å². The largest absolute Gasteiger partial charge is 0.330 e. The van der Waals surface area contributed by atoms with Gasteiger partial charge in [0.05, 0.1) is 0 Å². The van der Waals surface area contributed by atoms with E-state index >= 15 is 0 Å². The van der Waals surface area contributed by atoms with E-state index < -0.39 is 0 Å². The third kappa shape index (κ3) is 15.7. The Bertz CT molecular complexity index is 145. The lowest BCUT2D eigenvalue weighted by molar-refractivity contribution is 0.609. The van der Waals surface area contributed by atoms with Gasteiger partial charge in [-0.15, -0.1) is 0 Å². The first kappa shape index (κ1) is 17.7. The van der Waals surface area contributed by atoms with Crippen LogP contribution in [0.5, 0.6) is 0 Å². The predicted octanol–water partition coefficient (Wildman–Crippen LogP) is 5.59. The fourth-order valence-electron chi connectivity index (χ4n) is 2.22.